The molecule has 534 valence electrons. The summed E-state index contributed by atoms with van der Waals surface area (Å²) in [5.74, 6) is -1.33. The van der Waals surface area contributed by atoms with Crippen molar-refractivity contribution in [3.05, 3.63) is 0 Å². The van der Waals surface area contributed by atoms with Crippen LogP contribution in [0.5, 0.6) is 0 Å². The van der Waals surface area contributed by atoms with Crippen molar-refractivity contribution in [3.8, 4) is 0 Å². The van der Waals surface area contributed by atoms with Crippen LogP contribution in [0.25, 0.3) is 0 Å². The van der Waals surface area contributed by atoms with Gasteiger partial charge in [0, 0.05) is 25.7 Å². The summed E-state index contributed by atoms with van der Waals surface area (Å²) in [5.41, 5.74) is 0. The van der Waals surface area contributed by atoms with Gasteiger partial charge in [-0.05, 0) is 31.6 Å². The van der Waals surface area contributed by atoms with Crippen LogP contribution in [0.15, 0.2) is 0 Å². The van der Waals surface area contributed by atoms with Crippen LogP contribution in [0, 0.1) is 5.92 Å². The number of phosphoric ester groups is 2. The molecule has 0 aromatic rings. The molecule has 90 heavy (non-hydrogen) atoms. The summed E-state index contributed by atoms with van der Waals surface area (Å²) >= 11 is 0. The van der Waals surface area contributed by atoms with E-state index in [0.29, 0.717) is 25.7 Å². The smallest absolute Gasteiger partial charge is 0.462 e. The lowest BCUT2D eigenvalue weighted by Gasteiger charge is -2.21. The Morgan fingerprint density at radius 3 is 0.756 bits per heavy atom. The molecule has 0 aromatic heterocycles. The van der Waals surface area contributed by atoms with E-state index in [4.69, 9.17) is 37.0 Å². The highest BCUT2D eigenvalue weighted by Crippen LogP contribution is 2.45. The number of carbonyl (C=O) groups excluding carboxylic acids is 4. The van der Waals surface area contributed by atoms with E-state index in [-0.39, 0.29) is 25.7 Å². The van der Waals surface area contributed by atoms with Crippen LogP contribution in [0.2, 0.25) is 0 Å². The number of hydrogen-bond donors (Lipinski definition) is 3. The number of phosphoric acid groups is 2. The van der Waals surface area contributed by atoms with Gasteiger partial charge in [0.1, 0.15) is 19.3 Å². The molecule has 0 radical (unpaired) electrons. The number of aliphatic hydroxyl groups excluding tert-OH is 1. The van der Waals surface area contributed by atoms with Crippen LogP contribution in [-0.4, -0.2) is 96.7 Å². The van der Waals surface area contributed by atoms with Gasteiger partial charge in [0.25, 0.3) is 0 Å². The monoisotopic (exact) mass is 1320 g/mol. The molecule has 0 spiro atoms. The van der Waals surface area contributed by atoms with Gasteiger partial charge in [0.15, 0.2) is 12.2 Å². The molecule has 2 unspecified atom stereocenters. The van der Waals surface area contributed by atoms with E-state index >= 15 is 0 Å². The molecule has 5 atom stereocenters. The third kappa shape index (κ3) is 64.8. The lowest BCUT2D eigenvalue weighted by atomic mass is 10.0. The first kappa shape index (κ1) is 88.1. The fraction of sp³-hybridized carbons (Fsp3) is 0.944. The van der Waals surface area contributed by atoms with Gasteiger partial charge in [-0.3, -0.25) is 37.3 Å². The van der Waals surface area contributed by atoms with Crippen molar-refractivity contribution in [2.75, 3.05) is 39.6 Å². The number of hydrogen-bond acceptors (Lipinski definition) is 15. The minimum absolute atomic E-state index is 0.106. The fourth-order valence-electron chi connectivity index (χ4n) is 10.8. The number of unbranched alkanes of at least 4 members (excludes halogenated alkanes) is 43. The molecule has 0 aliphatic carbocycles. The maximum absolute atomic E-state index is 13.0. The van der Waals surface area contributed by atoms with E-state index in [1.54, 1.807) is 0 Å². The van der Waals surface area contributed by atoms with Crippen LogP contribution in [0.4, 0.5) is 0 Å². The molecule has 0 aliphatic heterocycles. The van der Waals surface area contributed by atoms with Crippen molar-refractivity contribution in [2.45, 2.75) is 387 Å². The summed E-state index contributed by atoms with van der Waals surface area (Å²) in [6.45, 7) is 7.19. The van der Waals surface area contributed by atoms with Crippen molar-refractivity contribution in [3.63, 3.8) is 0 Å². The topological polar surface area (TPSA) is 237 Å². The SMILES string of the molecule is CCCCCCCCCCCCCCCCCCCC(=O)OC[C@H](COP(=O)(O)OC[C@@H](O)COP(=O)(O)OC[C@@H](COC(=O)CCCCCCC)OC(=O)CCCCCCCCCCCC)OC(=O)CCCCCCCCCCCCCCCCCC(C)C. The average Bonchev–Trinajstić information content (AvgIpc) is 3.73. The lowest BCUT2D eigenvalue weighted by molar-refractivity contribution is -0.161. The Morgan fingerprint density at radius 2 is 0.511 bits per heavy atom. The van der Waals surface area contributed by atoms with Crippen molar-refractivity contribution >= 4 is 39.5 Å². The van der Waals surface area contributed by atoms with Crippen molar-refractivity contribution in [1.82, 2.24) is 0 Å². The van der Waals surface area contributed by atoms with E-state index in [9.17, 15) is 43.2 Å². The van der Waals surface area contributed by atoms with Crippen molar-refractivity contribution in [2.24, 2.45) is 5.92 Å². The molecular weight excluding hydrogens is 1190 g/mol. The molecule has 0 saturated carbocycles. The molecule has 0 bridgehead atoms. The number of carbonyl (C=O) groups is 4. The van der Waals surface area contributed by atoms with Gasteiger partial charge in [-0.25, -0.2) is 9.13 Å². The maximum Gasteiger partial charge on any atom is 0.472 e. The Balaban J connectivity index is 5.14. The first-order valence-electron chi connectivity index (χ1n) is 37.1. The third-order valence-corrected chi connectivity index (χ3v) is 18.4. The largest absolute Gasteiger partial charge is 0.472 e. The molecular formula is C71H138O17P2. The minimum atomic E-state index is -4.95. The van der Waals surface area contributed by atoms with E-state index in [2.05, 4.69) is 34.6 Å². The van der Waals surface area contributed by atoms with Crippen LogP contribution in [0.3, 0.4) is 0 Å². The predicted octanol–water partition coefficient (Wildman–Crippen LogP) is 20.5. The number of esters is 4. The number of aliphatic hydroxyl groups is 1. The van der Waals surface area contributed by atoms with Crippen molar-refractivity contribution < 1.29 is 80.2 Å². The quantitative estimate of drug-likeness (QED) is 0.0222. The fourth-order valence-corrected chi connectivity index (χ4v) is 12.4. The highest BCUT2D eigenvalue weighted by Gasteiger charge is 2.30. The van der Waals surface area contributed by atoms with Gasteiger partial charge in [-0.15, -0.1) is 0 Å². The van der Waals surface area contributed by atoms with Gasteiger partial charge in [0.2, 0.25) is 0 Å². The molecule has 0 heterocycles. The second-order valence-electron chi connectivity index (χ2n) is 26.1. The van der Waals surface area contributed by atoms with Crippen LogP contribution >= 0.6 is 15.6 Å². The van der Waals surface area contributed by atoms with Crippen LogP contribution < -0.4 is 0 Å². The second kappa shape index (κ2) is 64.4. The Labute approximate surface area is 549 Å². The summed E-state index contributed by atoms with van der Waals surface area (Å²) in [5, 5.41) is 10.6. The first-order valence-corrected chi connectivity index (χ1v) is 40.1. The lowest BCUT2D eigenvalue weighted by Crippen LogP contribution is -2.30. The third-order valence-electron chi connectivity index (χ3n) is 16.5. The van der Waals surface area contributed by atoms with E-state index in [0.717, 1.165) is 102 Å². The first-order chi connectivity index (χ1) is 43.5. The molecule has 0 rings (SSSR count). The van der Waals surface area contributed by atoms with Gasteiger partial charge in [-0.1, -0.05) is 317 Å². The van der Waals surface area contributed by atoms with Crippen LogP contribution in [0.1, 0.15) is 369 Å². The summed E-state index contributed by atoms with van der Waals surface area (Å²) in [6.07, 6.45) is 51.8. The second-order valence-corrected chi connectivity index (χ2v) is 29.0. The van der Waals surface area contributed by atoms with Gasteiger partial charge >= 0.3 is 39.5 Å². The summed E-state index contributed by atoms with van der Waals surface area (Å²) in [6, 6.07) is 0. The molecule has 19 heteroatoms. The number of ether oxygens (including phenoxy) is 4. The maximum atomic E-state index is 13.0. The molecule has 17 nitrogen and oxygen atoms in total. The average molecular weight is 1330 g/mol. The molecule has 0 saturated heterocycles. The Hall–Kier alpha value is -1.94. The Morgan fingerprint density at radius 1 is 0.300 bits per heavy atom. The summed E-state index contributed by atoms with van der Waals surface area (Å²) in [4.78, 5) is 72.3. The highest BCUT2D eigenvalue weighted by atomic mass is 31.2. The Bertz CT molecular complexity index is 1740. The molecule has 3 N–H and O–H groups in total. The summed E-state index contributed by atoms with van der Waals surface area (Å²) in [7, 11) is -9.89. The Kier molecular flexibility index (Phi) is 63.0. The minimum Gasteiger partial charge on any atom is -0.462 e. The zero-order valence-corrected chi connectivity index (χ0v) is 60.1. The van der Waals surface area contributed by atoms with Crippen molar-refractivity contribution in [1.29, 1.82) is 0 Å². The molecule has 0 aromatic carbocycles. The van der Waals surface area contributed by atoms with Crippen LogP contribution in [-0.2, 0) is 65.4 Å². The molecule has 0 fully saturated rings. The zero-order chi connectivity index (χ0) is 66.3. The number of rotatable bonds is 71. The summed E-state index contributed by atoms with van der Waals surface area (Å²) < 4.78 is 68.1. The molecule has 0 amide bonds. The standard InChI is InChI=1S/C71H138O17P2/c1-6-9-12-15-17-19-21-22-23-24-27-30-33-37-40-45-50-55-69(74)82-61-67(88-71(76)57-52-47-42-38-34-31-28-25-26-29-32-35-39-44-48-53-64(4)5)63-86-90(79,80)84-59-65(72)58-83-89(77,78)85-62-66(60-81-68(73)54-49-43-14-11-8-3)87-70(75)56-51-46-41-36-20-18-16-13-10-7-2/h64-67,72H,6-63H2,1-5H3,(H,77,78)(H,79,80)/t65-,66+,67+/m0/s1. The van der Waals surface area contributed by atoms with Gasteiger partial charge < -0.3 is 33.8 Å². The predicted molar refractivity (Wildman–Crippen MR) is 363 cm³/mol. The van der Waals surface area contributed by atoms with Gasteiger partial charge in [-0.2, -0.15) is 0 Å². The van der Waals surface area contributed by atoms with E-state index in [1.807, 2.05) is 0 Å². The molecule has 0 aliphatic rings. The zero-order valence-electron chi connectivity index (χ0n) is 58.3. The van der Waals surface area contributed by atoms with E-state index in [1.165, 1.54) is 186 Å². The van der Waals surface area contributed by atoms with Gasteiger partial charge in [0.05, 0.1) is 26.4 Å². The highest BCUT2D eigenvalue weighted by molar-refractivity contribution is 7.47. The van der Waals surface area contributed by atoms with E-state index < -0.39 is 97.5 Å². The normalized spacial score (nSPS) is 14.1.